The molecule has 1 amide bonds. The zero-order valence-electron chi connectivity index (χ0n) is 15.8. The second kappa shape index (κ2) is 9.67. The number of carboxylic acid groups (broad SMARTS) is 1. The topological polar surface area (TPSA) is 81.5 Å². The van der Waals surface area contributed by atoms with Crippen LogP contribution in [0.2, 0.25) is 0 Å². The number of benzene rings is 2. The van der Waals surface area contributed by atoms with E-state index >= 15 is 0 Å². The maximum absolute atomic E-state index is 13.1. The molecule has 2 N–H and O–H groups in total. The molecule has 0 spiro atoms. The van der Waals surface area contributed by atoms with Crippen molar-refractivity contribution in [2.45, 2.75) is 39.3 Å². The third-order valence-corrected chi connectivity index (χ3v) is 4.69. The summed E-state index contributed by atoms with van der Waals surface area (Å²) >= 11 is 0. The first-order chi connectivity index (χ1) is 12.9. The minimum Gasteiger partial charge on any atom is -0.480 e. The van der Waals surface area contributed by atoms with E-state index in [1.807, 2.05) is 67.6 Å². The number of aliphatic carboxylic acids is 1. The van der Waals surface area contributed by atoms with Crippen molar-refractivity contribution in [1.82, 2.24) is 4.90 Å². The van der Waals surface area contributed by atoms with Gasteiger partial charge in [0.15, 0.2) is 0 Å². The third-order valence-electron chi connectivity index (χ3n) is 4.69. The fourth-order valence-electron chi connectivity index (χ4n) is 2.99. The van der Waals surface area contributed by atoms with Gasteiger partial charge in [0.05, 0.1) is 5.92 Å². The molecule has 27 heavy (non-hydrogen) atoms. The van der Waals surface area contributed by atoms with Crippen molar-refractivity contribution < 1.29 is 14.7 Å². The lowest BCUT2D eigenvalue weighted by Gasteiger charge is -2.31. The Morgan fingerprint density at radius 1 is 1.00 bits per heavy atom. The van der Waals surface area contributed by atoms with E-state index in [-0.39, 0.29) is 18.9 Å². The quantitative estimate of drug-likeness (QED) is 0.663. The van der Waals surface area contributed by atoms with Crippen LogP contribution in [0.4, 0.5) is 0 Å². The number of nitrogens with zero attached hydrogens (tertiary/aromatic N) is 1. The highest BCUT2D eigenvalue weighted by atomic mass is 16.4. The van der Waals surface area contributed by atoms with Gasteiger partial charge in [-0.1, -0.05) is 67.6 Å². The standard InChI is InChI=1S/C22H26N2O3/c1-3-19(23)16(2)21(25)24(15-18-12-8-5-9-13-18)20(22(26)27)14-17-10-6-4-7-11-17/h4-13,16,20,23H,3,14-15H2,1-2H3,(H,26,27). The monoisotopic (exact) mass is 366 g/mol. The number of amides is 1. The minimum atomic E-state index is -1.04. The molecule has 0 aliphatic carbocycles. The van der Waals surface area contributed by atoms with Gasteiger partial charge < -0.3 is 15.4 Å². The summed E-state index contributed by atoms with van der Waals surface area (Å²) in [6, 6.07) is 17.7. The molecule has 0 aliphatic rings. The highest BCUT2D eigenvalue weighted by Gasteiger charge is 2.33. The molecule has 2 unspecified atom stereocenters. The molecule has 0 saturated carbocycles. The molecule has 0 aromatic heterocycles. The summed E-state index contributed by atoms with van der Waals surface area (Å²) < 4.78 is 0. The van der Waals surface area contributed by atoms with Gasteiger partial charge in [0.1, 0.15) is 6.04 Å². The molecule has 2 atom stereocenters. The Balaban J connectivity index is 2.36. The molecule has 5 heteroatoms. The number of nitrogens with one attached hydrogen (secondary N) is 1. The van der Waals surface area contributed by atoms with Gasteiger partial charge >= 0.3 is 5.97 Å². The molecule has 0 radical (unpaired) electrons. The molecule has 0 aliphatic heterocycles. The fourth-order valence-corrected chi connectivity index (χ4v) is 2.99. The zero-order chi connectivity index (χ0) is 19.8. The van der Waals surface area contributed by atoms with E-state index in [0.29, 0.717) is 12.1 Å². The molecule has 0 fully saturated rings. The first-order valence-electron chi connectivity index (χ1n) is 9.12. The van der Waals surface area contributed by atoms with Gasteiger partial charge in [-0.15, -0.1) is 0 Å². The van der Waals surface area contributed by atoms with Gasteiger partial charge in [-0.3, -0.25) is 4.79 Å². The Morgan fingerprint density at radius 2 is 1.52 bits per heavy atom. The number of carbonyl (C=O) groups is 2. The molecule has 0 saturated heterocycles. The maximum Gasteiger partial charge on any atom is 0.326 e. The Bertz CT molecular complexity index is 775. The van der Waals surface area contributed by atoms with Crippen LogP contribution in [-0.2, 0) is 22.6 Å². The summed E-state index contributed by atoms with van der Waals surface area (Å²) in [4.78, 5) is 26.6. The Kier molecular flexibility index (Phi) is 7.29. The average molecular weight is 366 g/mol. The Hall–Kier alpha value is -2.95. The number of carbonyl (C=O) groups excluding carboxylic acids is 1. The lowest BCUT2D eigenvalue weighted by Crippen LogP contribution is -2.49. The summed E-state index contributed by atoms with van der Waals surface area (Å²) in [7, 11) is 0. The predicted molar refractivity (Wildman–Crippen MR) is 106 cm³/mol. The van der Waals surface area contributed by atoms with Crippen LogP contribution in [-0.4, -0.2) is 33.6 Å². The van der Waals surface area contributed by atoms with Crippen molar-refractivity contribution in [2.75, 3.05) is 0 Å². The molecular formula is C22H26N2O3. The van der Waals surface area contributed by atoms with E-state index < -0.39 is 17.9 Å². The molecular weight excluding hydrogens is 340 g/mol. The van der Waals surface area contributed by atoms with Gasteiger partial charge in [0, 0.05) is 18.7 Å². The number of hydrogen-bond donors (Lipinski definition) is 2. The fraction of sp³-hybridized carbons (Fsp3) is 0.318. The van der Waals surface area contributed by atoms with Gasteiger partial charge in [-0.2, -0.15) is 0 Å². The van der Waals surface area contributed by atoms with E-state index in [1.165, 1.54) is 4.90 Å². The van der Waals surface area contributed by atoms with Crippen LogP contribution in [0.25, 0.3) is 0 Å². The molecule has 2 aromatic rings. The van der Waals surface area contributed by atoms with Crippen LogP contribution in [0, 0.1) is 11.3 Å². The largest absolute Gasteiger partial charge is 0.480 e. The van der Waals surface area contributed by atoms with Crippen LogP contribution in [0.15, 0.2) is 60.7 Å². The summed E-state index contributed by atoms with van der Waals surface area (Å²) in [6.45, 7) is 3.70. The molecule has 2 rings (SSSR count). The van der Waals surface area contributed by atoms with Crippen molar-refractivity contribution in [1.29, 1.82) is 5.41 Å². The van der Waals surface area contributed by atoms with Crippen LogP contribution in [0.1, 0.15) is 31.4 Å². The second-order valence-electron chi connectivity index (χ2n) is 6.60. The van der Waals surface area contributed by atoms with Crippen LogP contribution < -0.4 is 0 Å². The van der Waals surface area contributed by atoms with Gasteiger partial charge in [-0.05, 0) is 24.5 Å². The lowest BCUT2D eigenvalue weighted by molar-refractivity contribution is -0.151. The van der Waals surface area contributed by atoms with E-state index in [4.69, 9.17) is 5.41 Å². The number of hydrogen-bond acceptors (Lipinski definition) is 3. The van der Waals surface area contributed by atoms with Crippen LogP contribution in [0.3, 0.4) is 0 Å². The summed E-state index contributed by atoms with van der Waals surface area (Å²) in [6.07, 6.45) is 0.684. The van der Waals surface area contributed by atoms with Crippen molar-refractivity contribution >= 4 is 17.6 Å². The zero-order valence-corrected chi connectivity index (χ0v) is 15.8. The summed E-state index contributed by atoms with van der Waals surface area (Å²) in [5.41, 5.74) is 2.02. The van der Waals surface area contributed by atoms with Crippen LogP contribution >= 0.6 is 0 Å². The van der Waals surface area contributed by atoms with Gasteiger partial charge in [0.25, 0.3) is 0 Å². The normalized spacial score (nSPS) is 12.8. The lowest BCUT2D eigenvalue weighted by atomic mass is 9.98. The SMILES string of the molecule is CCC(=N)C(C)C(=O)N(Cc1ccccc1)C(Cc1ccccc1)C(=O)O. The molecule has 2 aromatic carbocycles. The van der Waals surface area contributed by atoms with E-state index in [9.17, 15) is 14.7 Å². The maximum atomic E-state index is 13.1. The summed E-state index contributed by atoms with van der Waals surface area (Å²) in [5, 5.41) is 17.9. The second-order valence-corrected chi connectivity index (χ2v) is 6.60. The van der Waals surface area contributed by atoms with Gasteiger partial charge in [-0.25, -0.2) is 4.79 Å². The Labute approximate surface area is 160 Å². The Morgan fingerprint density at radius 3 is 2.00 bits per heavy atom. The van der Waals surface area contributed by atoms with Crippen molar-refractivity contribution in [3.63, 3.8) is 0 Å². The van der Waals surface area contributed by atoms with Crippen molar-refractivity contribution in [3.8, 4) is 0 Å². The van der Waals surface area contributed by atoms with Crippen molar-refractivity contribution in [3.05, 3.63) is 71.8 Å². The molecule has 0 heterocycles. The highest BCUT2D eigenvalue weighted by Crippen LogP contribution is 2.18. The highest BCUT2D eigenvalue weighted by molar-refractivity contribution is 6.03. The predicted octanol–water partition coefficient (Wildman–Crippen LogP) is 3.78. The molecule has 142 valence electrons. The molecule has 0 bridgehead atoms. The first kappa shape index (κ1) is 20.4. The average Bonchev–Trinajstić information content (AvgIpc) is 2.70. The summed E-state index contributed by atoms with van der Waals surface area (Å²) in [5.74, 6) is -2.01. The third kappa shape index (κ3) is 5.51. The molecule has 5 nitrogen and oxygen atoms in total. The van der Waals surface area contributed by atoms with E-state index in [1.54, 1.807) is 6.92 Å². The van der Waals surface area contributed by atoms with Crippen LogP contribution in [0.5, 0.6) is 0 Å². The smallest absolute Gasteiger partial charge is 0.326 e. The first-order valence-corrected chi connectivity index (χ1v) is 9.12. The van der Waals surface area contributed by atoms with E-state index in [2.05, 4.69) is 0 Å². The van der Waals surface area contributed by atoms with Crippen molar-refractivity contribution in [2.24, 2.45) is 5.92 Å². The van der Waals surface area contributed by atoms with Gasteiger partial charge in [0.2, 0.25) is 5.91 Å². The van der Waals surface area contributed by atoms with E-state index in [0.717, 1.165) is 11.1 Å². The number of rotatable bonds is 9. The minimum absolute atomic E-state index is 0.199. The number of carboxylic acids is 1.